The fraction of sp³-hybridized carbons (Fsp3) is 0.600. The average molecular weight is 315 g/mol. The molecule has 0 aromatic heterocycles. The van der Waals surface area contributed by atoms with Crippen LogP contribution in [-0.2, 0) is 5.33 Å². The summed E-state index contributed by atoms with van der Waals surface area (Å²) < 4.78 is 19.4. The van der Waals surface area contributed by atoms with Gasteiger partial charge in [-0.15, -0.1) is 0 Å². The van der Waals surface area contributed by atoms with Gasteiger partial charge in [-0.05, 0) is 42.9 Å². The van der Waals surface area contributed by atoms with E-state index in [0.717, 1.165) is 24.3 Å². The van der Waals surface area contributed by atoms with Gasteiger partial charge in [-0.1, -0.05) is 35.7 Å². The van der Waals surface area contributed by atoms with Gasteiger partial charge in [0.05, 0.1) is 6.10 Å². The molecule has 0 amide bonds. The zero-order valence-electron chi connectivity index (χ0n) is 10.8. The SMILES string of the molecule is CCC1CCCC(Oc2cc(F)cc(CBr)c2)C1. The van der Waals surface area contributed by atoms with Crippen LogP contribution >= 0.6 is 15.9 Å². The van der Waals surface area contributed by atoms with Gasteiger partial charge >= 0.3 is 0 Å². The maximum Gasteiger partial charge on any atom is 0.127 e. The zero-order valence-corrected chi connectivity index (χ0v) is 12.4. The Bertz CT molecular complexity index is 394. The van der Waals surface area contributed by atoms with Crippen molar-refractivity contribution in [3.8, 4) is 5.75 Å². The lowest BCUT2D eigenvalue weighted by atomic mass is 9.85. The molecular weight excluding hydrogens is 295 g/mol. The van der Waals surface area contributed by atoms with Crippen molar-refractivity contribution in [2.24, 2.45) is 5.92 Å². The molecule has 0 aliphatic heterocycles. The van der Waals surface area contributed by atoms with Crippen LogP contribution in [0.1, 0.15) is 44.6 Å². The van der Waals surface area contributed by atoms with Crippen LogP contribution in [0, 0.1) is 11.7 Å². The van der Waals surface area contributed by atoms with Crippen molar-refractivity contribution in [2.75, 3.05) is 0 Å². The third-order valence-corrected chi connectivity index (χ3v) is 4.35. The summed E-state index contributed by atoms with van der Waals surface area (Å²) in [5.41, 5.74) is 0.924. The molecule has 2 rings (SSSR count). The van der Waals surface area contributed by atoms with Crippen LogP contribution in [0.5, 0.6) is 5.75 Å². The quantitative estimate of drug-likeness (QED) is 0.705. The Kier molecular flexibility index (Phi) is 5.04. The Labute approximate surface area is 117 Å². The molecule has 1 aliphatic rings. The maximum atomic E-state index is 13.4. The van der Waals surface area contributed by atoms with E-state index < -0.39 is 0 Å². The second kappa shape index (κ2) is 6.55. The monoisotopic (exact) mass is 314 g/mol. The molecule has 0 saturated heterocycles. The molecule has 0 spiro atoms. The molecule has 18 heavy (non-hydrogen) atoms. The van der Waals surface area contributed by atoms with E-state index in [2.05, 4.69) is 22.9 Å². The summed E-state index contributed by atoms with van der Waals surface area (Å²) in [5.74, 6) is 1.23. The number of rotatable bonds is 4. The van der Waals surface area contributed by atoms with E-state index in [0.29, 0.717) is 11.1 Å². The molecule has 2 atom stereocenters. The number of alkyl halides is 1. The lowest BCUT2D eigenvalue weighted by Crippen LogP contribution is -2.25. The highest BCUT2D eigenvalue weighted by Gasteiger charge is 2.22. The molecule has 0 heterocycles. The van der Waals surface area contributed by atoms with Gasteiger partial charge in [0, 0.05) is 11.4 Å². The van der Waals surface area contributed by atoms with Crippen LogP contribution in [-0.4, -0.2) is 6.10 Å². The minimum Gasteiger partial charge on any atom is -0.490 e. The second-order valence-corrected chi connectivity index (χ2v) is 5.67. The van der Waals surface area contributed by atoms with Crippen molar-refractivity contribution >= 4 is 15.9 Å². The molecule has 1 fully saturated rings. The number of ether oxygens (including phenoxy) is 1. The van der Waals surface area contributed by atoms with Gasteiger partial charge in [0.15, 0.2) is 0 Å². The molecule has 1 aliphatic carbocycles. The first-order valence-corrected chi connectivity index (χ1v) is 7.85. The predicted octanol–water partition coefficient (Wildman–Crippen LogP) is 5.07. The first-order valence-electron chi connectivity index (χ1n) is 6.73. The van der Waals surface area contributed by atoms with Gasteiger partial charge in [0.25, 0.3) is 0 Å². The van der Waals surface area contributed by atoms with Crippen molar-refractivity contribution in [1.82, 2.24) is 0 Å². The largest absolute Gasteiger partial charge is 0.490 e. The van der Waals surface area contributed by atoms with Crippen molar-refractivity contribution in [1.29, 1.82) is 0 Å². The van der Waals surface area contributed by atoms with Crippen LogP contribution in [0.2, 0.25) is 0 Å². The topological polar surface area (TPSA) is 9.23 Å². The number of hydrogen-bond donors (Lipinski definition) is 0. The average Bonchev–Trinajstić information content (AvgIpc) is 2.38. The second-order valence-electron chi connectivity index (χ2n) is 5.11. The first kappa shape index (κ1) is 13.9. The van der Waals surface area contributed by atoms with Gasteiger partial charge in [-0.3, -0.25) is 0 Å². The van der Waals surface area contributed by atoms with E-state index in [-0.39, 0.29) is 11.9 Å². The molecule has 1 aromatic rings. The van der Waals surface area contributed by atoms with Gasteiger partial charge < -0.3 is 4.74 Å². The van der Waals surface area contributed by atoms with E-state index in [1.165, 1.54) is 31.4 Å². The summed E-state index contributed by atoms with van der Waals surface area (Å²) >= 11 is 3.35. The Morgan fingerprint density at radius 3 is 2.89 bits per heavy atom. The third kappa shape index (κ3) is 3.71. The fourth-order valence-electron chi connectivity index (χ4n) is 2.68. The van der Waals surface area contributed by atoms with E-state index in [1.54, 1.807) is 0 Å². The standard InChI is InChI=1S/C15H20BrFO/c1-2-11-4-3-5-14(7-11)18-15-8-12(10-16)6-13(17)9-15/h6,8-9,11,14H,2-5,7,10H2,1H3. The minimum atomic E-state index is -0.218. The number of benzene rings is 1. The highest BCUT2D eigenvalue weighted by Crippen LogP contribution is 2.30. The van der Waals surface area contributed by atoms with Crippen molar-refractivity contribution in [3.63, 3.8) is 0 Å². The molecule has 0 N–H and O–H groups in total. The summed E-state index contributed by atoms with van der Waals surface area (Å²) in [5, 5.41) is 0.656. The van der Waals surface area contributed by atoms with Crippen LogP contribution in [0.4, 0.5) is 4.39 Å². The van der Waals surface area contributed by atoms with Crippen LogP contribution in [0.3, 0.4) is 0 Å². The summed E-state index contributed by atoms with van der Waals surface area (Å²) in [6, 6.07) is 4.95. The smallest absolute Gasteiger partial charge is 0.127 e. The van der Waals surface area contributed by atoms with E-state index in [9.17, 15) is 4.39 Å². The van der Waals surface area contributed by atoms with Crippen LogP contribution in [0.15, 0.2) is 18.2 Å². The van der Waals surface area contributed by atoms with Crippen molar-refractivity contribution in [3.05, 3.63) is 29.6 Å². The molecule has 100 valence electrons. The zero-order chi connectivity index (χ0) is 13.0. The molecule has 2 unspecified atom stereocenters. The Balaban J connectivity index is 2.02. The van der Waals surface area contributed by atoms with Gasteiger partial charge in [-0.25, -0.2) is 4.39 Å². The summed E-state index contributed by atoms with van der Waals surface area (Å²) in [7, 11) is 0. The summed E-state index contributed by atoms with van der Waals surface area (Å²) in [6.45, 7) is 2.23. The predicted molar refractivity (Wildman–Crippen MR) is 75.7 cm³/mol. The minimum absolute atomic E-state index is 0.218. The maximum absolute atomic E-state index is 13.4. The Morgan fingerprint density at radius 1 is 1.33 bits per heavy atom. The van der Waals surface area contributed by atoms with Crippen molar-refractivity contribution in [2.45, 2.75) is 50.5 Å². The Hall–Kier alpha value is -0.570. The molecule has 1 saturated carbocycles. The van der Waals surface area contributed by atoms with Gasteiger partial charge in [0.1, 0.15) is 11.6 Å². The van der Waals surface area contributed by atoms with E-state index in [4.69, 9.17) is 4.74 Å². The number of halogens is 2. The fourth-order valence-corrected chi connectivity index (χ4v) is 3.00. The van der Waals surface area contributed by atoms with E-state index in [1.807, 2.05) is 6.07 Å². The van der Waals surface area contributed by atoms with Gasteiger partial charge in [0.2, 0.25) is 0 Å². The van der Waals surface area contributed by atoms with Crippen LogP contribution < -0.4 is 4.74 Å². The molecule has 1 aromatic carbocycles. The number of hydrogen-bond acceptors (Lipinski definition) is 1. The molecular formula is C15H20BrFO. The van der Waals surface area contributed by atoms with Crippen LogP contribution in [0.25, 0.3) is 0 Å². The van der Waals surface area contributed by atoms with E-state index >= 15 is 0 Å². The third-order valence-electron chi connectivity index (χ3n) is 3.70. The lowest BCUT2D eigenvalue weighted by Gasteiger charge is -2.29. The summed E-state index contributed by atoms with van der Waals surface area (Å²) in [6.07, 6.45) is 6.22. The highest BCUT2D eigenvalue weighted by atomic mass is 79.9. The first-order chi connectivity index (χ1) is 8.71. The normalized spacial score (nSPS) is 23.9. The molecule has 0 radical (unpaired) electrons. The van der Waals surface area contributed by atoms with Gasteiger partial charge in [-0.2, -0.15) is 0 Å². The highest BCUT2D eigenvalue weighted by molar-refractivity contribution is 9.08. The lowest BCUT2D eigenvalue weighted by molar-refractivity contribution is 0.121. The van der Waals surface area contributed by atoms with Crippen molar-refractivity contribution < 1.29 is 9.13 Å². The molecule has 3 heteroatoms. The molecule has 0 bridgehead atoms. The molecule has 1 nitrogen and oxygen atoms in total. The summed E-state index contributed by atoms with van der Waals surface area (Å²) in [4.78, 5) is 0. The Morgan fingerprint density at radius 2 is 2.17 bits per heavy atom.